The van der Waals surface area contributed by atoms with Gasteiger partial charge in [-0.05, 0) is 19.9 Å². The summed E-state index contributed by atoms with van der Waals surface area (Å²) in [6.45, 7) is 5.01. The van der Waals surface area contributed by atoms with Crippen molar-refractivity contribution in [2.75, 3.05) is 13.7 Å². The van der Waals surface area contributed by atoms with E-state index in [1.54, 1.807) is 7.11 Å². The van der Waals surface area contributed by atoms with Crippen molar-refractivity contribution in [3.8, 4) is 5.75 Å². The lowest BCUT2D eigenvalue weighted by Gasteiger charge is -2.20. The van der Waals surface area contributed by atoms with Crippen LogP contribution in [0.15, 0.2) is 24.3 Å². The van der Waals surface area contributed by atoms with Crippen molar-refractivity contribution in [2.24, 2.45) is 0 Å². The zero-order valence-electron chi connectivity index (χ0n) is 16.2. The summed E-state index contributed by atoms with van der Waals surface area (Å²) in [5.74, 6) is 0.806. The SMILES string of the molecule is COc1ccccc1CNC[C@H]1O[C@@H]2C[C@@H](CC(=O)NC(C)C)O[C@@H]2[C@@H]1O. The molecular weight excluding hydrogens is 348 g/mol. The number of ether oxygens (including phenoxy) is 3. The van der Waals surface area contributed by atoms with Crippen molar-refractivity contribution in [3.05, 3.63) is 29.8 Å². The van der Waals surface area contributed by atoms with Crippen LogP contribution in [-0.4, -0.2) is 61.2 Å². The van der Waals surface area contributed by atoms with Crippen LogP contribution in [0.5, 0.6) is 5.75 Å². The normalized spacial score (nSPS) is 29.7. The molecule has 0 saturated carbocycles. The fourth-order valence-corrected chi connectivity index (χ4v) is 3.79. The summed E-state index contributed by atoms with van der Waals surface area (Å²) >= 11 is 0. The predicted octanol–water partition coefficient (Wildman–Crippen LogP) is 0.985. The molecule has 0 unspecified atom stereocenters. The van der Waals surface area contributed by atoms with Crippen LogP contribution >= 0.6 is 0 Å². The Balaban J connectivity index is 1.44. The number of hydrogen-bond donors (Lipinski definition) is 3. The maximum Gasteiger partial charge on any atom is 0.222 e. The summed E-state index contributed by atoms with van der Waals surface area (Å²) in [7, 11) is 1.65. The van der Waals surface area contributed by atoms with Crippen molar-refractivity contribution < 1.29 is 24.1 Å². The third-order valence-corrected chi connectivity index (χ3v) is 4.99. The van der Waals surface area contributed by atoms with Gasteiger partial charge in [0, 0.05) is 31.1 Å². The number of rotatable bonds is 8. The summed E-state index contributed by atoms with van der Waals surface area (Å²) in [5, 5.41) is 16.7. The van der Waals surface area contributed by atoms with Gasteiger partial charge in [0.05, 0.1) is 31.8 Å². The van der Waals surface area contributed by atoms with Gasteiger partial charge in [0.1, 0.15) is 18.0 Å². The molecule has 2 aliphatic heterocycles. The van der Waals surface area contributed by atoms with E-state index in [0.29, 0.717) is 25.9 Å². The maximum atomic E-state index is 11.9. The molecule has 7 nitrogen and oxygen atoms in total. The molecule has 2 aliphatic rings. The Morgan fingerprint density at radius 1 is 1.33 bits per heavy atom. The zero-order valence-corrected chi connectivity index (χ0v) is 16.2. The molecule has 0 radical (unpaired) electrons. The van der Waals surface area contributed by atoms with Crippen LogP contribution in [0.1, 0.15) is 32.3 Å². The first-order valence-electron chi connectivity index (χ1n) is 9.59. The fraction of sp³-hybridized carbons (Fsp3) is 0.650. The lowest BCUT2D eigenvalue weighted by Crippen LogP contribution is -2.39. The summed E-state index contributed by atoms with van der Waals surface area (Å²) in [4.78, 5) is 11.9. The largest absolute Gasteiger partial charge is 0.496 e. The van der Waals surface area contributed by atoms with Crippen LogP contribution in [0.3, 0.4) is 0 Å². The summed E-state index contributed by atoms with van der Waals surface area (Å²) < 4.78 is 17.2. The molecule has 0 aliphatic carbocycles. The number of benzene rings is 1. The number of aliphatic hydroxyl groups is 1. The highest BCUT2D eigenvalue weighted by atomic mass is 16.6. The maximum absolute atomic E-state index is 11.9. The van der Waals surface area contributed by atoms with Crippen LogP contribution in [-0.2, 0) is 20.8 Å². The molecule has 0 aromatic heterocycles. The van der Waals surface area contributed by atoms with Crippen LogP contribution in [0.2, 0.25) is 0 Å². The Kier molecular flexibility index (Phi) is 6.70. The van der Waals surface area contributed by atoms with Crippen LogP contribution in [0, 0.1) is 0 Å². The molecular formula is C20H30N2O5. The van der Waals surface area contributed by atoms with Gasteiger partial charge in [-0.15, -0.1) is 0 Å². The van der Waals surface area contributed by atoms with Crippen molar-refractivity contribution in [1.82, 2.24) is 10.6 Å². The minimum absolute atomic E-state index is 0.0283. The first-order valence-corrected chi connectivity index (χ1v) is 9.59. The van der Waals surface area contributed by atoms with Gasteiger partial charge in [-0.25, -0.2) is 0 Å². The second-order valence-electron chi connectivity index (χ2n) is 7.53. The number of para-hydroxylation sites is 1. The number of aliphatic hydroxyl groups excluding tert-OH is 1. The van der Waals surface area contributed by atoms with E-state index in [0.717, 1.165) is 11.3 Å². The monoisotopic (exact) mass is 378 g/mol. The third-order valence-electron chi connectivity index (χ3n) is 4.99. The highest BCUT2D eigenvalue weighted by Crippen LogP contribution is 2.35. The van der Waals surface area contributed by atoms with Gasteiger partial charge in [0.25, 0.3) is 0 Å². The minimum atomic E-state index is -0.696. The number of fused-ring (bicyclic) bond motifs is 1. The molecule has 150 valence electrons. The van der Waals surface area contributed by atoms with Crippen LogP contribution < -0.4 is 15.4 Å². The average Bonchev–Trinajstić information content (AvgIpc) is 3.13. The quantitative estimate of drug-likeness (QED) is 0.625. The lowest BCUT2D eigenvalue weighted by molar-refractivity contribution is -0.125. The van der Waals surface area contributed by atoms with Gasteiger partial charge >= 0.3 is 0 Å². The van der Waals surface area contributed by atoms with Crippen molar-refractivity contribution in [1.29, 1.82) is 0 Å². The standard InChI is InChI=1S/C20H30N2O5/c1-12(2)22-18(23)9-14-8-16-20(26-14)19(24)17(27-16)11-21-10-13-6-4-5-7-15(13)25-3/h4-7,12,14,16-17,19-21,24H,8-11H2,1-3H3,(H,22,23)/t14-,16+,17+,19+,20-/m0/s1. The molecule has 0 spiro atoms. The molecule has 2 fully saturated rings. The van der Waals surface area contributed by atoms with E-state index in [2.05, 4.69) is 10.6 Å². The number of carbonyl (C=O) groups is 1. The van der Waals surface area contributed by atoms with Gasteiger partial charge in [0.2, 0.25) is 5.91 Å². The third kappa shape index (κ3) is 4.99. The van der Waals surface area contributed by atoms with Crippen molar-refractivity contribution in [3.63, 3.8) is 0 Å². The van der Waals surface area contributed by atoms with Gasteiger partial charge in [0.15, 0.2) is 0 Å². The van der Waals surface area contributed by atoms with E-state index >= 15 is 0 Å². The second-order valence-corrected chi connectivity index (χ2v) is 7.53. The topological polar surface area (TPSA) is 89.1 Å². The van der Waals surface area contributed by atoms with Crippen LogP contribution in [0.4, 0.5) is 0 Å². The fourth-order valence-electron chi connectivity index (χ4n) is 3.79. The summed E-state index contributed by atoms with van der Waals surface area (Å²) in [6.07, 6.45) is -0.794. The summed E-state index contributed by atoms with van der Waals surface area (Å²) in [5.41, 5.74) is 1.06. The van der Waals surface area contributed by atoms with E-state index < -0.39 is 6.10 Å². The van der Waals surface area contributed by atoms with E-state index in [1.165, 1.54) is 0 Å². The zero-order chi connectivity index (χ0) is 19.4. The number of carbonyl (C=O) groups excluding carboxylic acids is 1. The van der Waals surface area contributed by atoms with E-state index in [1.807, 2.05) is 38.1 Å². The van der Waals surface area contributed by atoms with E-state index in [9.17, 15) is 9.90 Å². The van der Waals surface area contributed by atoms with Crippen LogP contribution in [0.25, 0.3) is 0 Å². The van der Waals surface area contributed by atoms with Gasteiger partial charge in [-0.2, -0.15) is 0 Å². The minimum Gasteiger partial charge on any atom is -0.496 e. The Morgan fingerprint density at radius 3 is 2.81 bits per heavy atom. The molecule has 3 rings (SSSR count). The molecule has 5 atom stereocenters. The molecule has 2 saturated heterocycles. The van der Waals surface area contributed by atoms with Crippen molar-refractivity contribution >= 4 is 5.91 Å². The number of hydrogen-bond acceptors (Lipinski definition) is 6. The molecule has 3 N–H and O–H groups in total. The second kappa shape index (κ2) is 9.01. The average molecular weight is 378 g/mol. The first kappa shape index (κ1) is 20.1. The highest BCUT2D eigenvalue weighted by Gasteiger charge is 2.50. The molecule has 1 aromatic carbocycles. The molecule has 0 bridgehead atoms. The lowest BCUT2D eigenvalue weighted by atomic mass is 10.1. The number of nitrogens with one attached hydrogen (secondary N) is 2. The van der Waals surface area contributed by atoms with Gasteiger partial charge in [-0.1, -0.05) is 18.2 Å². The Bertz CT molecular complexity index is 639. The number of amides is 1. The molecule has 1 aromatic rings. The smallest absolute Gasteiger partial charge is 0.222 e. The van der Waals surface area contributed by atoms with Gasteiger partial charge in [-0.3, -0.25) is 4.79 Å². The van der Waals surface area contributed by atoms with E-state index in [4.69, 9.17) is 14.2 Å². The van der Waals surface area contributed by atoms with E-state index in [-0.39, 0.29) is 36.4 Å². The Morgan fingerprint density at radius 2 is 2.11 bits per heavy atom. The Labute approximate surface area is 160 Å². The number of methoxy groups -OCH3 is 1. The predicted molar refractivity (Wildman–Crippen MR) is 101 cm³/mol. The van der Waals surface area contributed by atoms with Gasteiger partial charge < -0.3 is 30.0 Å². The van der Waals surface area contributed by atoms with Crippen molar-refractivity contribution in [2.45, 2.75) is 69.8 Å². The first-order chi connectivity index (χ1) is 13.0. The molecule has 1 amide bonds. The molecule has 2 heterocycles. The molecule has 7 heteroatoms. The molecule has 27 heavy (non-hydrogen) atoms. The highest BCUT2D eigenvalue weighted by molar-refractivity contribution is 5.76. The Hall–Kier alpha value is -1.67. The summed E-state index contributed by atoms with van der Waals surface area (Å²) in [6, 6.07) is 7.93.